The SMILES string of the molecule is COc1ccc(C)cc1C[NH+](C)[C@H](C)C(=O)Nc1cccc(S(=O)(=O)N(C)C)c1. The van der Waals surface area contributed by atoms with Gasteiger partial charge in [0.25, 0.3) is 5.91 Å². The molecule has 0 heterocycles. The van der Waals surface area contributed by atoms with Crippen molar-refractivity contribution in [2.75, 3.05) is 33.6 Å². The fourth-order valence-electron chi connectivity index (χ4n) is 2.92. The summed E-state index contributed by atoms with van der Waals surface area (Å²) >= 11 is 0. The molecule has 2 atom stereocenters. The number of quaternary nitrogens is 1. The minimum Gasteiger partial charge on any atom is -0.496 e. The summed E-state index contributed by atoms with van der Waals surface area (Å²) in [6.07, 6.45) is 0. The highest BCUT2D eigenvalue weighted by Crippen LogP contribution is 2.19. The van der Waals surface area contributed by atoms with Gasteiger partial charge in [-0.05, 0) is 44.2 Å². The van der Waals surface area contributed by atoms with Crippen LogP contribution >= 0.6 is 0 Å². The van der Waals surface area contributed by atoms with Crippen molar-refractivity contribution in [3.63, 3.8) is 0 Å². The molecule has 1 unspecified atom stereocenters. The Bertz CT molecular complexity index is 974. The van der Waals surface area contributed by atoms with Gasteiger partial charge >= 0.3 is 0 Å². The van der Waals surface area contributed by atoms with E-state index in [-0.39, 0.29) is 16.8 Å². The third-order valence-corrected chi connectivity index (χ3v) is 6.73. The Labute approximate surface area is 173 Å². The molecule has 0 aliphatic carbocycles. The van der Waals surface area contributed by atoms with Gasteiger partial charge in [0, 0.05) is 25.3 Å². The zero-order valence-electron chi connectivity index (χ0n) is 17.8. The molecular formula is C21H30N3O4S+. The van der Waals surface area contributed by atoms with Crippen LogP contribution in [0.15, 0.2) is 47.4 Å². The summed E-state index contributed by atoms with van der Waals surface area (Å²) in [6.45, 7) is 4.48. The van der Waals surface area contributed by atoms with Gasteiger partial charge in [-0.1, -0.05) is 17.7 Å². The fraction of sp³-hybridized carbons (Fsp3) is 0.381. The number of sulfonamides is 1. The second kappa shape index (κ2) is 9.39. The second-order valence-electron chi connectivity index (χ2n) is 7.36. The predicted octanol–water partition coefficient (Wildman–Crippen LogP) is 1.30. The number of nitrogens with one attached hydrogen (secondary N) is 2. The third-order valence-electron chi connectivity index (χ3n) is 4.92. The Morgan fingerprint density at radius 2 is 1.90 bits per heavy atom. The molecular weight excluding hydrogens is 390 g/mol. The summed E-state index contributed by atoms with van der Waals surface area (Å²) in [5.41, 5.74) is 2.61. The van der Waals surface area contributed by atoms with Crippen LogP contribution in [0.2, 0.25) is 0 Å². The molecule has 0 fully saturated rings. The molecule has 0 saturated carbocycles. The van der Waals surface area contributed by atoms with Crippen LogP contribution in [0.4, 0.5) is 5.69 Å². The Balaban J connectivity index is 2.12. The van der Waals surface area contributed by atoms with Crippen molar-refractivity contribution in [2.24, 2.45) is 0 Å². The number of anilines is 1. The highest BCUT2D eigenvalue weighted by Gasteiger charge is 2.24. The van der Waals surface area contributed by atoms with Crippen LogP contribution in [0.1, 0.15) is 18.1 Å². The maximum Gasteiger partial charge on any atom is 0.282 e. The Morgan fingerprint density at radius 1 is 1.21 bits per heavy atom. The number of likely N-dealkylation sites (N-methyl/N-ethyl adjacent to an activating group) is 1. The summed E-state index contributed by atoms with van der Waals surface area (Å²) in [6, 6.07) is 11.9. The normalized spacial score (nSPS) is 13.8. The van der Waals surface area contributed by atoms with Gasteiger partial charge in [0.05, 0.1) is 19.1 Å². The average molecular weight is 421 g/mol. The number of methoxy groups -OCH3 is 1. The zero-order valence-corrected chi connectivity index (χ0v) is 18.6. The number of nitrogens with zero attached hydrogens (tertiary/aromatic N) is 1. The first kappa shape index (κ1) is 22.9. The van der Waals surface area contributed by atoms with E-state index in [4.69, 9.17) is 4.74 Å². The number of carbonyl (C=O) groups is 1. The molecule has 2 aromatic rings. The minimum atomic E-state index is -3.56. The standard InChI is InChI=1S/C21H29N3O4S/c1-15-10-11-20(28-6)17(12-15)14-24(5)16(2)21(25)22-18-8-7-9-19(13-18)29(26,27)23(3)4/h7-13,16H,14H2,1-6H3,(H,22,25)/p+1/t16-/m1/s1. The number of carbonyl (C=O) groups excluding carboxylic acids is 1. The van der Waals surface area contributed by atoms with Gasteiger partial charge in [0.1, 0.15) is 12.3 Å². The van der Waals surface area contributed by atoms with Crippen molar-refractivity contribution in [1.82, 2.24) is 4.31 Å². The smallest absolute Gasteiger partial charge is 0.282 e. The van der Waals surface area contributed by atoms with E-state index >= 15 is 0 Å². The van der Waals surface area contributed by atoms with Crippen LogP contribution in [0, 0.1) is 6.92 Å². The van der Waals surface area contributed by atoms with E-state index in [1.807, 2.05) is 33.0 Å². The highest BCUT2D eigenvalue weighted by molar-refractivity contribution is 7.89. The van der Waals surface area contributed by atoms with E-state index in [1.165, 1.54) is 26.2 Å². The fourth-order valence-corrected chi connectivity index (χ4v) is 3.87. The second-order valence-corrected chi connectivity index (χ2v) is 9.52. The van der Waals surface area contributed by atoms with Crippen LogP contribution in [0.5, 0.6) is 5.75 Å². The Morgan fingerprint density at radius 3 is 2.52 bits per heavy atom. The van der Waals surface area contributed by atoms with Gasteiger partial charge in [0.15, 0.2) is 6.04 Å². The molecule has 29 heavy (non-hydrogen) atoms. The van der Waals surface area contributed by atoms with Crippen molar-refractivity contribution in [3.05, 3.63) is 53.6 Å². The number of ether oxygens (including phenoxy) is 1. The van der Waals surface area contributed by atoms with E-state index in [0.717, 1.165) is 26.1 Å². The van der Waals surface area contributed by atoms with Crippen LogP contribution < -0.4 is 15.0 Å². The maximum absolute atomic E-state index is 12.7. The lowest BCUT2D eigenvalue weighted by Crippen LogP contribution is -3.12. The highest BCUT2D eigenvalue weighted by atomic mass is 32.2. The van der Waals surface area contributed by atoms with Crippen molar-refractivity contribution < 1.29 is 22.8 Å². The molecule has 1 amide bonds. The lowest BCUT2D eigenvalue weighted by Gasteiger charge is -2.22. The molecule has 2 rings (SSSR count). The average Bonchev–Trinajstić information content (AvgIpc) is 2.67. The van der Waals surface area contributed by atoms with Crippen LogP contribution in [0.25, 0.3) is 0 Å². The van der Waals surface area contributed by atoms with Crippen molar-refractivity contribution in [2.45, 2.75) is 31.3 Å². The summed E-state index contributed by atoms with van der Waals surface area (Å²) in [4.78, 5) is 13.9. The molecule has 0 spiro atoms. The Hall–Kier alpha value is -2.42. The monoisotopic (exact) mass is 420 g/mol. The quantitative estimate of drug-likeness (QED) is 0.675. The van der Waals surface area contributed by atoms with Crippen molar-refractivity contribution in [3.8, 4) is 5.75 Å². The van der Waals surface area contributed by atoms with Gasteiger partial charge in [0.2, 0.25) is 10.0 Å². The van der Waals surface area contributed by atoms with Gasteiger partial charge in [-0.3, -0.25) is 4.79 Å². The van der Waals surface area contributed by atoms with Gasteiger partial charge in [-0.2, -0.15) is 0 Å². The van der Waals surface area contributed by atoms with E-state index < -0.39 is 10.0 Å². The van der Waals surface area contributed by atoms with Crippen molar-refractivity contribution >= 4 is 21.6 Å². The zero-order chi connectivity index (χ0) is 21.8. The largest absolute Gasteiger partial charge is 0.496 e. The van der Waals surface area contributed by atoms with Crippen molar-refractivity contribution in [1.29, 1.82) is 0 Å². The van der Waals surface area contributed by atoms with Gasteiger partial charge in [-0.25, -0.2) is 12.7 Å². The maximum atomic E-state index is 12.7. The Kier molecular flexibility index (Phi) is 7.40. The van der Waals surface area contributed by atoms with Gasteiger partial charge < -0.3 is 15.0 Å². The predicted molar refractivity (Wildman–Crippen MR) is 114 cm³/mol. The first-order valence-electron chi connectivity index (χ1n) is 9.35. The molecule has 2 aromatic carbocycles. The molecule has 2 N–H and O–H groups in total. The lowest BCUT2D eigenvalue weighted by molar-refractivity contribution is -0.907. The minimum absolute atomic E-state index is 0.137. The summed E-state index contributed by atoms with van der Waals surface area (Å²) in [5.74, 6) is 0.609. The molecule has 0 radical (unpaired) electrons. The van der Waals surface area contributed by atoms with E-state index in [9.17, 15) is 13.2 Å². The molecule has 0 saturated heterocycles. The van der Waals surface area contributed by atoms with Crippen LogP contribution in [-0.2, 0) is 21.4 Å². The number of amides is 1. The van der Waals surface area contributed by atoms with Crippen LogP contribution in [0.3, 0.4) is 0 Å². The van der Waals surface area contributed by atoms with E-state index in [1.54, 1.807) is 19.2 Å². The summed E-state index contributed by atoms with van der Waals surface area (Å²) in [7, 11) is 2.96. The summed E-state index contributed by atoms with van der Waals surface area (Å²) < 4.78 is 31.2. The van der Waals surface area contributed by atoms with E-state index in [0.29, 0.717) is 12.2 Å². The molecule has 0 aliphatic rings. The number of hydrogen-bond donors (Lipinski definition) is 2. The summed E-state index contributed by atoms with van der Waals surface area (Å²) in [5, 5.41) is 2.83. The third kappa shape index (κ3) is 5.56. The number of hydrogen-bond acceptors (Lipinski definition) is 4. The number of rotatable bonds is 8. The number of benzene rings is 2. The van der Waals surface area contributed by atoms with Crippen LogP contribution in [-0.4, -0.2) is 52.9 Å². The molecule has 0 aliphatic heterocycles. The first-order valence-corrected chi connectivity index (χ1v) is 10.8. The molecule has 8 heteroatoms. The lowest BCUT2D eigenvalue weighted by atomic mass is 10.1. The first-order chi connectivity index (χ1) is 13.6. The molecule has 0 aromatic heterocycles. The van der Waals surface area contributed by atoms with Gasteiger partial charge in [-0.15, -0.1) is 0 Å². The van der Waals surface area contributed by atoms with E-state index in [2.05, 4.69) is 11.4 Å². The molecule has 7 nitrogen and oxygen atoms in total. The topological polar surface area (TPSA) is 80.1 Å². The molecule has 0 bridgehead atoms. The molecule has 158 valence electrons. The number of aryl methyl sites for hydroxylation is 1.